The molecule has 0 saturated heterocycles. The van der Waals surface area contributed by atoms with Crippen LogP contribution in [-0.2, 0) is 0 Å². The van der Waals surface area contributed by atoms with E-state index in [1.54, 1.807) is 12.1 Å². The third-order valence-corrected chi connectivity index (χ3v) is 5.02. The fourth-order valence-electron chi connectivity index (χ4n) is 3.51. The third kappa shape index (κ3) is 3.51. The molecule has 0 radical (unpaired) electrons. The Morgan fingerprint density at radius 1 is 1.20 bits per heavy atom. The largest absolute Gasteiger partial charge is 0.349 e. The van der Waals surface area contributed by atoms with Crippen molar-refractivity contribution in [2.24, 2.45) is 0 Å². The summed E-state index contributed by atoms with van der Waals surface area (Å²) in [6.07, 6.45) is 5.56. The number of aromatic nitrogens is 3. The number of nitrogens with one attached hydrogen (secondary N) is 2. The van der Waals surface area contributed by atoms with Crippen molar-refractivity contribution in [3.8, 4) is 0 Å². The van der Waals surface area contributed by atoms with Gasteiger partial charge in [0.25, 0.3) is 5.91 Å². The fourth-order valence-corrected chi connectivity index (χ4v) is 3.63. The zero-order valence-electron chi connectivity index (χ0n) is 13.7. The lowest BCUT2D eigenvalue weighted by Crippen LogP contribution is -2.38. The number of H-pyrrole nitrogens is 1. The Bertz CT molecular complexity index is 857. The summed E-state index contributed by atoms with van der Waals surface area (Å²) in [6.45, 7) is 0. The third-order valence-electron chi connectivity index (χ3n) is 4.79. The zero-order valence-corrected chi connectivity index (χ0v) is 14.5. The number of amides is 1. The molecule has 0 aliphatic heterocycles. The minimum Gasteiger partial charge on any atom is -0.349 e. The van der Waals surface area contributed by atoms with E-state index < -0.39 is 0 Å². The van der Waals surface area contributed by atoms with Crippen molar-refractivity contribution in [2.75, 3.05) is 0 Å². The maximum atomic E-state index is 12.4. The van der Waals surface area contributed by atoms with Gasteiger partial charge in [0.15, 0.2) is 0 Å². The van der Waals surface area contributed by atoms with Crippen LogP contribution in [0, 0.1) is 0 Å². The topological polar surface area (TPSA) is 70.7 Å². The van der Waals surface area contributed by atoms with Gasteiger partial charge in [-0.2, -0.15) is 0 Å². The van der Waals surface area contributed by atoms with E-state index in [0.29, 0.717) is 16.6 Å². The number of halogens is 1. The van der Waals surface area contributed by atoms with Crippen LogP contribution in [0.15, 0.2) is 42.6 Å². The first-order valence-corrected chi connectivity index (χ1v) is 8.94. The quantitative estimate of drug-likeness (QED) is 0.696. The first-order chi connectivity index (χ1) is 12.2. The number of hydrogen-bond acceptors (Lipinski definition) is 3. The lowest BCUT2D eigenvalue weighted by molar-refractivity contribution is 0.0924. The van der Waals surface area contributed by atoms with Gasteiger partial charge < -0.3 is 10.3 Å². The molecule has 2 heterocycles. The first-order valence-electron chi connectivity index (χ1n) is 8.56. The molecule has 2 aromatic heterocycles. The lowest BCUT2D eigenvalue weighted by Gasteiger charge is -2.28. The number of carbonyl (C=O) groups excluding carboxylic acids is 1. The van der Waals surface area contributed by atoms with Gasteiger partial charge in [-0.15, -0.1) is 0 Å². The molecule has 1 amide bonds. The van der Waals surface area contributed by atoms with E-state index in [-0.39, 0.29) is 11.9 Å². The summed E-state index contributed by atoms with van der Waals surface area (Å²) in [5.74, 6) is 1.27. The summed E-state index contributed by atoms with van der Waals surface area (Å²) >= 11 is 5.78. The van der Waals surface area contributed by atoms with Gasteiger partial charge >= 0.3 is 0 Å². The number of carbonyl (C=O) groups is 1. The fraction of sp³-hybridized carbons (Fsp3) is 0.316. The second-order valence-corrected chi connectivity index (χ2v) is 6.93. The van der Waals surface area contributed by atoms with E-state index >= 15 is 0 Å². The zero-order chi connectivity index (χ0) is 17.2. The number of hydrogen-bond donors (Lipinski definition) is 2. The van der Waals surface area contributed by atoms with E-state index in [1.165, 1.54) is 6.20 Å². The molecule has 0 bridgehead atoms. The summed E-state index contributed by atoms with van der Waals surface area (Å²) in [6, 6.07) is 11.5. The number of para-hydroxylation sites is 2. The van der Waals surface area contributed by atoms with Crippen LogP contribution in [0.3, 0.4) is 0 Å². The van der Waals surface area contributed by atoms with Crippen molar-refractivity contribution in [3.05, 3.63) is 59.1 Å². The number of fused-ring (bicyclic) bond motifs is 1. The molecule has 2 atom stereocenters. The maximum Gasteiger partial charge on any atom is 0.253 e. The molecule has 25 heavy (non-hydrogen) atoms. The molecule has 2 N–H and O–H groups in total. The molecule has 1 saturated carbocycles. The van der Waals surface area contributed by atoms with Crippen molar-refractivity contribution in [1.29, 1.82) is 0 Å². The number of rotatable bonds is 3. The Morgan fingerprint density at radius 3 is 2.88 bits per heavy atom. The number of benzene rings is 1. The Labute approximate surface area is 150 Å². The molecule has 0 spiro atoms. The van der Waals surface area contributed by atoms with Gasteiger partial charge in [0.2, 0.25) is 0 Å². The van der Waals surface area contributed by atoms with Crippen molar-refractivity contribution in [3.63, 3.8) is 0 Å². The van der Waals surface area contributed by atoms with Crippen molar-refractivity contribution >= 4 is 28.5 Å². The average Bonchev–Trinajstić information content (AvgIpc) is 3.07. The highest BCUT2D eigenvalue weighted by molar-refractivity contribution is 6.29. The molecule has 0 unspecified atom stereocenters. The van der Waals surface area contributed by atoms with Crippen LogP contribution in [0.4, 0.5) is 0 Å². The Kier molecular flexibility index (Phi) is 4.40. The molecule has 3 aromatic rings. The van der Waals surface area contributed by atoms with Crippen molar-refractivity contribution < 1.29 is 4.79 Å². The molecule has 4 rings (SSSR count). The standard InChI is InChI=1S/C19H19ClN4O/c20-17-9-8-13(11-21-17)19(25)22-14-5-3-4-12(10-14)18-23-15-6-1-2-7-16(15)24-18/h1-2,6-9,11-12,14H,3-5,10H2,(H,22,25)(H,23,24)/t12-,14+/m0/s1. The van der Waals surface area contributed by atoms with Crippen LogP contribution in [0.25, 0.3) is 11.0 Å². The average molecular weight is 355 g/mol. The van der Waals surface area contributed by atoms with Crippen LogP contribution in [0.1, 0.15) is 47.8 Å². The smallest absolute Gasteiger partial charge is 0.253 e. The van der Waals surface area contributed by atoms with Gasteiger partial charge in [0.1, 0.15) is 11.0 Å². The summed E-state index contributed by atoms with van der Waals surface area (Å²) in [5, 5.41) is 3.51. The van der Waals surface area contributed by atoms with E-state index in [0.717, 1.165) is 42.5 Å². The first kappa shape index (κ1) is 16.1. The number of nitrogens with zero attached hydrogens (tertiary/aromatic N) is 2. The Balaban J connectivity index is 1.45. The second kappa shape index (κ2) is 6.84. The second-order valence-electron chi connectivity index (χ2n) is 6.54. The molecule has 1 fully saturated rings. The normalized spacial score (nSPS) is 20.5. The van der Waals surface area contributed by atoms with Crippen LogP contribution in [0.2, 0.25) is 5.15 Å². The van der Waals surface area contributed by atoms with Crippen molar-refractivity contribution in [2.45, 2.75) is 37.6 Å². The van der Waals surface area contributed by atoms with Gasteiger partial charge in [-0.05, 0) is 43.5 Å². The van der Waals surface area contributed by atoms with Crippen LogP contribution in [0.5, 0.6) is 0 Å². The highest BCUT2D eigenvalue weighted by Gasteiger charge is 2.26. The lowest BCUT2D eigenvalue weighted by atomic mass is 9.85. The van der Waals surface area contributed by atoms with E-state index in [2.05, 4.69) is 15.3 Å². The minimum atomic E-state index is -0.0978. The molecule has 1 aliphatic carbocycles. The Morgan fingerprint density at radius 2 is 2.08 bits per heavy atom. The Hall–Kier alpha value is -2.40. The summed E-state index contributed by atoms with van der Waals surface area (Å²) in [7, 11) is 0. The maximum absolute atomic E-state index is 12.4. The number of aromatic amines is 1. The molecular weight excluding hydrogens is 336 g/mol. The summed E-state index contributed by atoms with van der Waals surface area (Å²) < 4.78 is 0. The number of pyridine rings is 1. The highest BCUT2D eigenvalue weighted by Crippen LogP contribution is 2.32. The van der Waals surface area contributed by atoms with Crippen LogP contribution >= 0.6 is 11.6 Å². The predicted octanol–water partition coefficient (Wildman–Crippen LogP) is 4.07. The number of imidazole rings is 1. The van der Waals surface area contributed by atoms with Crippen molar-refractivity contribution in [1.82, 2.24) is 20.3 Å². The van der Waals surface area contributed by atoms with Gasteiger partial charge in [-0.25, -0.2) is 9.97 Å². The van der Waals surface area contributed by atoms with Gasteiger partial charge in [0, 0.05) is 18.2 Å². The molecule has 1 aromatic carbocycles. The van der Waals surface area contributed by atoms with Gasteiger partial charge in [0.05, 0.1) is 16.6 Å². The summed E-state index contributed by atoms with van der Waals surface area (Å²) in [4.78, 5) is 24.5. The monoisotopic (exact) mass is 354 g/mol. The molecular formula is C19H19ClN4O. The minimum absolute atomic E-state index is 0.0978. The van der Waals surface area contributed by atoms with Gasteiger partial charge in [-0.3, -0.25) is 4.79 Å². The van der Waals surface area contributed by atoms with E-state index in [1.807, 2.05) is 24.3 Å². The molecule has 128 valence electrons. The predicted molar refractivity (Wildman–Crippen MR) is 97.8 cm³/mol. The van der Waals surface area contributed by atoms with E-state index in [9.17, 15) is 4.79 Å². The highest BCUT2D eigenvalue weighted by atomic mass is 35.5. The SMILES string of the molecule is O=C(N[C@@H]1CCC[C@H](c2nc3ccccc3[nH]2)C1)c1ccc(Cl)nc1. The molecule has 1 aliphatic rings. The molecule has 6 heteroatoms. The van der Waals surface area contributed by atoms with Crippen LogP contribution in [-0.4, -0.2) is 26.9 Å². The summed E-state index contributed by atoms with van der Waals surface area (Å²) in [5.41, 5.74) is 2.60. The molecule has 5 nitrogen and oxygen atoms in total. The van der Waals surface area contributed by atoms with Gasteiger partial charge in [-0.1, -0.05) is 30.2 Å². The van der Waals surface area contributed by atoms with E-state index in [4.69, 9.17) is 16.6 Å². The van der Waals surface area contributed by atoms with Crippen LogP contribution < -0.4 is 5.32 Å².